The molecule has 0 radical (unpaired) electrons. The van der Waals surface area contributed by atoms with E-state index in [9.17, 15) is 14.0 Å². The lowest BCUT2D eigenvalue weighted by Crippen LogP contribution is -2.37. The summed E-state index contributed by atoms with van der Waals surface area (Å²) in [7, 11) is 1.27. The molecule has 1 fully saturated rings. The average Bonchev–Trinajstić information content (AvgIpc) is 3.42. The number of carbonyl (C=O) groups is 2. The van der Waals surface area contributed by atoms with E-state index in [2.05, 4.69) is 30.8 Å². The minimum atomic E-state index is -0.840. The first kappa shape index (κ1) is 29.1. The normalized spacial score (nSPS) is 16.8. The monoisotopic (exact) mass is 617 g/mol. The fraction of sp³-hybridized carbons (Fsp3) is 0.258. The molecular weight excluding hydrogens is 589 g/mol. The Balaban J connectivity index is 1.34. The van der Waals surface area contributed by atoms with Gasteiger partial charge >= 0.3 is 12.0 Å². The number of halogens is 2. The molecule has 2 aliphatic heterocycles. The number of hydrogen-bond donors (Lipinski definition) is 3. The molecule has 13 heteroatoms. The Morgan fingerprint density at radius 2 is 1.93 bits per heavy atom. The van der Waals surface area contributed by atoms with E-state index in [0.717, 1.165) is 31.6 Å². The molecule has 226 valence electrons. The number of ether oxygens (including phenoxy) is 1. The molecule has 11 nitrogen and oxygen atoms in total. The number of pyridine rings is 1. The summed E-state index contributed by atoms with van der Waals surface area (Å²) < 4.78 is 24.2. The van der Waals surface area contributed by atoms with Crippen molar-refractivity contribution in [1.82, 2.24) is 15.3 Å². The molecule has 1 amide bonds. The number of esters is 1. The Bertz CT molecular complexity index is 1820. The van der Waals surface area contributed by atoms with E-state index in [1.165, 1.54) is 50.1 Å². The topological polar surface area (TPSA) is 134 Å². The molecule has 44 heavy (non-hydrogen) atoms. The summed E-state index contributed by atoms with van der Waals surface area (Å²) in [5.74, 6) is -1.09. The van der Waals surface area contributed by atoms with Crippen molar-refractivity contribution in [3.05, 3.63) is 88.0 Å². The zero-order valence-electron chi connectivity index (χ0n) is 24.0. The molecule has 0 bridgehead atoms. The zero-order valence-corrected chi connectivity index (χ0v) is 24.7. The molecule has 0 saturated carbocycles. The zero-order chi connectivity index (χ0) is 30.8. The van der Waals surface area contributed by atoms with Crippen molar-refractivity contribution in [2.75, 3.05) is 35.7 Å². The maximum absolute atomic E-state index is 13.8. The highest BCUT2D eigenvalue weighted by atomic mass is 35.5. The van der Waals surface area contributed by atoms with E-state index < -0.39 is 23.7 Å². The molecule has 0 spiro atoms. The molecular formula is C31H29ClFN7O4. The number of nitrogens with one attached hydrogen (secondary N) is 3. The highest BCUT2D eigenvalue weighted by Gasteiger charge is 2.32. The summed E-state index contributed by atoms with van der Waals surface area (Å²) in [6.07, 6.45) is 4.85. The third-order valence-electron chi connectivity index (χ3n) is 7.48. The van der Waals surface area contributed by atoms with Gasteiger partial charge in [0.15, 0.2) is 5.58 Å². The first-order chi connectivity index (χ1) is 21.3. The van der Waals surface area contributed by atoms with Crippen molar-refractivity contribution in [1.29, 1.82) is 0 Å². The second-order valence-corrected chi connectivity index (χ2v) is 10.8. The van der Waals surface area contributed by atoms with Gasteiger partial charge in [-0.1, -0.05) is 17.7 Å². The molecule has 0 aliphatic carbocycles. The number of methoxy groups -OCH3 is 1. The van der Waals surface area contributed by atoms with Crippen molar-refractivity contribution >= 4 is 58.1 Å². The smallest absolute Gasteiger partial charge is 0.338 e. The minimum Gasteiger partial charge on any atom is -0.465 e. The van der Waals surface area contributed by atoms with E-state index in [0.29, 0.717) is 21.8 Å². The number of oxazole rings is 1. The Hall–Kier alpha value is -4.97. The van der Waals surface area contributed by atoms with E-state index in [-0.39, 0.29) is 34.5 Å². The standard InChI is InChI=1S/C31H29ClFN7O4/c1-17-26(28(41)37-25-14-18(10-11-34-25)29(42)43-2)27(21-8-7-20(16-22(21)32)40-12-4-3-5-13-40)38-30(35-17)39-31-36-23-9-6-19(33)15-24(23)44-31/h6-11,14-16,27H,3-5,12-13H2,1-2H3,(H,34,37,41)(H2,35,36,38,39). The second kappa shape index (κ2) is 12.3. The first-order valence-electron chi connectivity index (χ1n) is 14.1. The quantitative estimate of drug-likeness (QED) is 0.229. The highest BCUT2D eigenvalue weighted by Crippen LogP contribution is 2.38. The van der Waals surface area contributed by atoms with Gasteiger partial charge in [0.2, 0.25) is 5.96 Å². The Kier molecular flexibility index (Phi) is 8.16. The summed E-state index contributed by atoms with van der Waals surface area (Å²) in [5, 5.41) is 9.31. The van der Waals surface area contributed by atoms with Gasteiger partial charge in [0, 0.05) is 47.3 Å². The molecule has 2 aromatic heterocycles. The molecule has 3 N–H and O–H groups in total. The number of benzene rings is 2. The largest absolute Gasteiger partial charge is 0.465 e. The first-order valence-corrected chi connectivity index (χ1v) is 14.5. The van der Waals surface area contributed by atoms with Crippen molar-refractivity contribution in [2.45, 2.75) is 32.2 Å². The average molecular weight is 618 g/mol. The van der Waals surface area contributed by atoms with Crippen LogP contribution in [0.1, 0.15) is 48.1 Å². The molecule has 6 rings (SSSR count). The van der Waals surface area contributed by atoms with Crippen LogP contribution < -0.4 is 20.9 Å². The summed E-state index contributed by atoms with van der Waals surface area (Å²) in [6, 6.07) is 12.0. The number of amides is 1. The highest BCUT2D eigenvalue weighted by molar-refractivity contribution is 6.32. The lowest BCUT2D eigenvalue weighted by molar-refractivity contribution is -0.113. The summed E-state index contributed by atoms with van der Waals surface area (Å²) >= 11 is 6.89. The summed E-state index contributed by atoms with van der Waals surface area (Å²) in [5.41, 5.74) is 3.34. The number of hydrogen-bond acceptors (Lipinski definition) is 10. The number of guanidine groups is 1. The van der Waals surface area contributed by atoms with Crippen LogP contribution in [0, 0.1) is 5.82 Å². The third-order valence-corrected chi connectivity index (χ3v) is 7.81. The van der Waals surface area contributed by atoms with Gasteiger partial charge in [-0.25, -0.2) is 19.2 Å². The fourth-order valence-electron chi connectivity index (χ4n) is 5.33. The molecule has 4 heterocycles. The number of nitrogens with zero attached hydrogens (tertiary/aromatic N) is 4. The van der Waals surface area contributed by atoms with Crippen LogP contribution in [0.25, 0.3) is 11.1 Å². The van der Waals surface area contributed by atoms with Gasteiger partial charge in [0.25, 0.3) is 5.91 Å². The van der Waals surface area contributed by atoms with E-state index in [1.54, 1.807) is 6.92 Å². The van der Waals surface area contributed by atoms with Gasteiger partial charge in [-0.05, 0) is 62.6 Å². The number of piperidine rings is 1. The number of carbonyl (C=O) groups excluding carboxylic acids is 2. The lowest BCUT2D eigenvalue weighted by atomic mass is 9.95. The van der Waals surface area contributed by atoms with Gasteiger partial charge < -0.3 is 24.7 Å². The van der Waals surface area contributed by atoms with Crippen LogP contribution in [0.3, 0.4) is 0 Å². The Morgan fingerprint density at radius 3 is 2.70 bits per heavy atom. The van der Waals surface area contributed by atoms with E-state index in [1.807, 2.05) is 18.2 Å². The number of fused-ring (bicyclic) bond motifs is 1. The SMILES string of the molecule is COC(=O)c1ccnc(NC(=O)C2=C(C)NC(Nc3nc4ccc(F)cc4o3)=NC2c2ccc(N3CCCCC3)cc2Cl)c1. The van der Waals surface area contributed by atoms with Crippen molar-refractivity contribution in [2.24, 2.45) is 4.99 Å². The van der Waals surface area contributed by atoms with Gasteiger partial charge in [0.1, 0.15) is 23.2 Å². The van der Waals surface area contributed by atoms with Crippen LogP contribution in [0.2, 0.25) is 5.02 Å². The molecule has 1 saturated heterocycles. The summed E-state index contributed by atoms with van der Waals surface area (Å²) in [4.78, 5) is 41.4. The molecule has 1 atom stereocenters. The number of aliphatic imine (C=N–C) groups is 1. The maximum Gasteiger partial charge on any atom is 0.338 e. The van der Waals surface area contributed by atoms with E-state index >= 15 is 0 Å². The third kappa shape index (κ3) is 6.06. The van der Waals surface area contributed by atoms with Crippen LogP contribution in [0.4, 0.5) is 21.9 Å². The van der Waals surface area contributed by atoms with Crippen molar-refractivity contribution in [3.63, 3.8) is 0 Å². The van der Waals surface area contributed by atoms with Crippen LogP contribution in [-0.4, -0.2) is 48.0 Å². The maximum atomic E-state index is 13.8. The Labute approximate surface area is 257 Å². The predicted octanol–water partition coefficient (Wildman–Crippen LogP) is 5.82. The van der Waals surface area contributed by atoms with Crippen LogP contribution >= 0.6 is 11.6 Å². The van der Waals surface area contributed by atoms with Gasteiger partial charge in [-0.15, -0.1) is 0 Å². The number of allylic oxidation sites excluding steroid dienone is 1. The number of anilines is 3. The second-order valence-electron chi connectivity index (χ2n) is 10.4. The number of aromatic nitrogens is 2. The molecule has 2 aromatic carbocycles. The molecule has 1 unspecified atom stereocenters. The fourth-order valence-corrected chi connectivity index (χ4v) is 5.60. The van der Waals surface area contributed by atoms with Crippen LogP contribution in [0.5, 0.6) is 0 Å². The minimum absolute atomic E-state index is 0.0895. The van der Waals surface area contributed by atoms with Crippen LogP contribution in [-0.2, 0) is 9.53 Å². The summed E-state index contributed by atoms with van der Waals surface area (Å²) in [6.45, 7) is 3.63. The van der Waals surface area contributed by atoms with Gasteiger partial charge in [-0.3, -0.25) is 10.1 Å². The van der Waals surface area contributed by atoms with E-state index in [4.69, 9.17) is 25.7 Å². The van der Waals surface area contributed by atoms with Crippen LogP contribution in [0.15, 0.2) is 75.4 Å². The molecule has 4 aromatic rings. The van der Waals surface area contributed by atoms with Gasteiger partial charge in [-0.2, -0.15) is 4.98 Å². The van der Waals surface area contributed by atoms with Gasteiger partial charge in [0.05, 0.1) is 18.2 Å². The van der Waals surface area contributed by atoms with Crippen molar-refractivity contribution < 1.29 is 23.1 Å². The molecule has 2 aliphatic rings. The Morgan fingerprint density at radius 1 is 1.11 bits per heavy atom. The number of rotatable bonds is 6. The lowest BCUT2D eigenvalue weighted by Gasteiger charge is -2.30. The predicted molar refractivity (Wildman–Crippen MR) is 165 cm³/mol. The van der Waals surface area contributed by atoms with Crippen molar-refractivity contribution in [3.8, 4) is 0 Å².